The molecule has 104 valence electrons. The Kier molecular flexibility index (Phi) is 5.63. The van der Waals surface area contributed by atoms with Gasteiger partial charge in [-0.25, -0.2) is 0 Å². The molecular formula is C18H22N2. The van der Waals surface area contributed by atoms with E-state index in [-0.39, 0.29) is 0 Å². The van der Waals surface area contributed by atoms with Gasteiger partial charge in [0.25, 0.3) is 0 Å². The van der Waals surface area contributed by atoms with E-state index in [0.29, 0.717) is 0 Å². The van der Waals surface area contributed by atoms with E-state index in [1.807, 2.05) is 12.1 Å². The van der Waals surface area contributed by atoms with Crippen LogP contribution in [0.25, 0.3) is 0 Å². The summed E-state index contributed by atoms with van der Waals surface area (Å²) in [6.45, 7) is 0. The monoisotopic (exact) mass is 266 g/mol. The molecule has 0 radical (unpaired) electrons. The van der Waals surface area contributed by atoms with Crippen LogP contribution in [0.5, 0.6) is 0 Å². The van der Waals surface area contributed by atoms with Gasteiger partial charge in [-0.05, 0) is 48.8 Å². The van der Waals surface area contributed by atoms with Crippen molar-refractivity contribution in [3.8, 4) is 12.1 Å². The van der Waals surface area contributed by atoms with E-state index in [1.165, 1.54) is 37.7 Å². The average molecular weight is 266 g/mol. The Hall–Kier alpha value is -1.80. The molecule has 0 amide bonds. The third-order valence-corrected chi connectivity index (χ3v) is 4.56. The minimum atomic E-state index is 0.723. The number of hydrogen-bond acceptors (Lipinski definition) is 2. The maximum absolute atomic E-state index is 8.78. The Morgan fingerprint density at radius 1 is 0.900 bits per heavy atom. The smallest absolute Gasteiger partial charge is 0.0991 e. The van der Waals surface area contributed by atoms with Gasteiger partial charge >= 0.3 is 0 Å². The number of hydrogen-bond donors (Lipinski definition) is 0. The molecule has 0 atom stereocenters. The molecule has 0 aromatic heterocycles. The van der Waals surface area contributed by atoms with Crippen LogP contribution in [-0.2, 0) is 6.42 Å². The summed E-state index contributed by atoms with van der Waals surface area (Å²) in [7, 11) is 0. The molecule has 0 spiro atoms. The highest BCUT2D eigenvalue weighted by molar-refractivity contribution is 5.31. The van der Waals surface area contributed by atoms with Gasteiger partial charge in [0.05, 0.1) is 17.7 Å². The summed E-state index contributed by atoms with van der Waals surface area (Å²) in [5, 5.41) is 17.4. The molecule has 1 aliphatic rings. The van der Waals surface area contributed by atoms with Crippen molar-refractivity contribution in [1.29, 1.82) is 10.5 Å². The maximum atomic E-state index is 8.78. The first-order chi connectivity index (χ1) is 9.81. The van der Waals surface area contributed by atoms with Gasteiger partial charge in [0, 0.05) is 6.42 Å². The molecule has 0 bridgehead atoms. The van der Waals surface area contributed by atoms with Crippen LogP contribution in [0.2, 0.25) is 0 Å². The van der Waals surface area contributed by atoms with Crippen molar-refractivity contribution < 1.29 is 0 Å². The van der Waals surface area contributed by atoms with E-state index >= 15 is 0 Å². The number of rotatable bonds is 5. The number of nitrogens with zero attached hydrogens (tertiary/aromatic N) is 2. The van der Waals surface area contributed by atoms with E-state index in [0.717, 1.165) is 36.7 Å². The van der Waals surface area contributed by atoms with Crippen LogP contribution >= 0.6 is 0 Å². The largest absolute Gasteiger partial charge is 0.198 e. The molecule has 0 N–H and O–H groups in total. The summed E-state index contributed by atoms with van der Waals surface area (Å²) in [5.41, 5.74) is 2.09. The summed E-state index contributed by atoms with van der Waals surface area (Å²) >= 11 is 0. The fraction of sp³-hybridized carbons (Fsp3) is 0.556. The van der Waals surface area contributed by atoms with Crippen LogP contribution in [0.4, 0.5) is 0 Å². The van der Waals surface area contributed by atoms with Crippen molar-refractivity contribution >= 4 is 0 Å². The molecule has 0 heterocycles. The van der Waals surface area contributed by atoms with E-state index in [2.05, 4.69) is 24.3 Å². The van der Waals surface area contributed by atoms with Crippen LogP contribution in [0.3, 0.4) is 0 Å². The topological polar surface area (TPSA) is 47.6 Å². The summed E-state index contributed by atoms with van der Waals surface area (Å²) in [6.07, 6.45) is 9.47. The number of benzene rings is 1. The first kappa shape index (κ1) is 14.6. The van der Waals surface area contributed by atoms with E-state index < -0.39 is 0 Å². The molecule has 2 nitrogen and oxygen atoms in total. The van der Waals surface area contributed by atoms with E-state index in [9.17, 15) is 0 Å². The highest BCUT2D eigenvalue weighted by Gasteiger charge is 2.20. The Morgan fingerprint density at radius 2 is 1.50 bits per heavy atom. The second-order valence-electron chi connectivity index (χ2n) is 5.93. The highest BCUT2D eigenvalue weighted by Crippen LogP contribution is 2.33. The zero-order chi connectivity index (χ0) is 14.2. The predicted molar refractivity (Wildman–Crippen MR) is 79.8 cm³/mol. The molecule has 20 heavy (non-hydrogen) atoms. The number of aryl methyl sites for hydroxylation is 1. The Morgan fingerprint density at radius 3 is 2.05 bits per heavy atom. The lowest BCUT2D eigenvalue weighted by molar-refractivity contribution is 0.255. The molecule has 1 aromatic rings. The van der Waals surface area contributed by atoms with Gasteiger partial charge in [0.15, 0.2) is 0 Å². The van der Waals surface area contributed by atoms with Gasteiger partial charge in [0.1, 0.15) is 0 Å². The van der Waals surface area contributed by atoms with E-state index in [1.54, 1.807) is 0 Å². The van der Waals surface area contributed by atoms with Crippen molar-refractivity contribution in [2.75, 3.05) is 0 Å². The van der Waals surface area contributed by atoms with E-state index in [4.69, 9.17) is 10.5 Å². The molecule has 0 unspecified atom stereocenters. The summed E-state index contributed by atoms with van der Waals surface area (Å²) < 4.78 is 0. The lowest BCUT2D eigenvalue weighted by Gasteiger charge is -2.28. The van der Waals surface area contributed by atoms with Crippen LogP contribution in [0, 0.1) is 34.5 Å². The fourth-order valence-corrected chi connectivity index (χ4v) is 3.19. The first-order valence-electron chi connectivity index (χ1n) is 7.68. The third kappa shape index (κ3) is 4.39. The summed E-state index contributed by atoms with van der Waals surface area (Å²) in [5.74, 6) is 1.64. The molecule has 2 rings (SSSR count). The lowest BCUT2D eigenvalue weighted by Crippen LogP contribution is -2.15. The fourth-order valence-electron chi connectivity index (χ4n) is 3.19. The van der Waals surface area contributed by atoms with Gasteiger partial charge in [-0.3, -0.25) is 0 Å². The van der Waals surface area contributed by atoms with Crippen molar-refractivity contribution in [2.24, 2.45) is 11.8 Å². The average Bonchev–Trinajstić information content (AvgIpc) is 2.52. The minimum Gasteiger partial charge on any atom is -0.198 e. The molecule has 1 aromatic carbocycles. The van der Waals surface area contributed by atoms with Crippen molar-refractivity contribution in [1.82, 2.24) is 0 Å². The first-order valence-corrected chi connectivity index (χ1v) is 7.68. The lowest BCUT2D eigenvalue weighted by atomic mass is 9.78. The molecule has 1 saturated carbocycles. The highest BCUT2D eigenvalue weighted by atomic mass is 14.3. The summed E-state index contributed by atoms with van der Waals surface area (Å²) in [4.78, 5) is 0. The molecule has 1 fully saturated rings. The van der Waals surface area contributed by atoms with Crippen molar-refractivity contribution in [2.45, 2.75) is 51.4 Å². The third-order valence-electron chi connectivity index (χ3n) is 4.56. The molecule has 0 saturated heterocycles. The van der Waals surface area contributed by atoms with Gasteiger partial charge in [0.2, 0.25) is 0 Å². The molecule has 2 heteroatoms. The van der Waals surface area contributed by atoms with Gasteiger partial charge < -0.3 is 0 Å². The van der Waals surface area contributed by atoms with Crippen LogP contribution in [0.15, 0.2) is 24.3 Å². The SMILES string of the molecule is N#CCC[C@H]1CC[C@H](CCc2ccc(C#N)cc2)CC1. The van der Waals surface area contributed by atoms with Crippen molar-refractivity contribution in [3.63, 3.8) is 0 Å². The predicted octanol–water partition coefficient (Wildman–Crippen LogP) is 4.60. The van der Waals surface area contributed by atoms with Crippen LogP contribution < -0.4 is 0 Å². The second-order valence-corrected chi connectivity index (χ2v) is 5.93. The van der Waals surface area contributed by atoms with Gasteiger partial charge in [-0.1, -0.05) is 37.8 Å². The number of nitriles is 2. The second kappa shape index (κ2) is 7.71. The Bertz CT molecular complexity index is 482. The van der Waals surface area contributed by atoms with Crippen LogP contribution in [-0.4, -0.2) is 0 Å². The summed E-state index contributed by atoms with van der Waals surface area (Å²) in [6, 6.07) is 12.4. The standard InChI is InChI=1S/C18H22N2/c19-13-1-2-15-3-5-16(6-4-15)7-8-17-9-11-18(14-20)12-10-17/h9-12,15-16H,1-8H2/t15-,16-. The zero-order valence-electron chi connectivity index (χ0n) is 12.0. The Balaban J connectivity index is 1.70. The van der Waals surface area contributed by atoms with Crippen LogP contribution in [0.1, 0.15) is 56.1 Å². The maximum Gasteiger partial charge on any atom is 0.0991 e. The van der Waals surface area contributed by atoms with Crippen molar-refractivity contribution in [3.05, 3.63) is 35.4 Å². The molecule has 1 aliphatic carbocycles. The normalized spacial score (nSPS) is 21.9. The minimum absolute atomic E-state index is 0.723. The molecule has 0 aliphatic heterocycles. The van der Waals surface area contributed by atoms with Gasteiger partial charge in [-0.15, -0.1) is 0 Å². The quantitative estimate of drug-likeness (QED) is 0.781. The van der Waals surface area contributed by atoms with Gasteiger partial charge in [-0.2, -0.15) is 10.5 Å². The Labute approximate surface area is 122 Å². The zero-order valence-corrected chi connectivity index (χ0v) is 12.0. The molecular weight excluding hydrogens is 244 g/mol.